The second kappa shape index (κ2) is 3.76. The molecule has 0 unspecified atom stereocenters. The van der Waals surface area contributed by atoms with Gasteiger partial charge in [0.25, 0.3) is 0 Å². The Bertz CT molecular complexity index is 143. The molecular weight excluding hydrogens is 134 g/mol. The van der Waals surface area contributed by atoms with Crippen LogP contribution in [-0.2, 0) is 0 Å². The third kappa shape index (κ3) is 2.22. The number of nitriles is 1. The molecule has 0 bridgehead atoms. The zero-order chi connectivity index (χ0) is 9.07. The van der Waals surface area contributed by atoms with Gasteiger partial charge in [-0.25, -0.2) is 0 Å². The van der Waals surface area contributed by atoms with Gasteiger partial charge in [0, 0.05) is 6.42 Å². The first kappa shape index (κ1) is 10.5. The lowest BCUT2D eigenvalue weighted by molar-refractivity contribution is 0.144. The molecule has 0 saturated heterocycles. The summed E-state index contributed by atoms with van der Waals surface area (Å²) in [5.74, 6) is 1.17. The molecule has 0 atom stereocenters. The zero-order valence-electron chi connectivity index (χ0n) is 8.31. The van der Waals surface area contributed by atoms with Crippen molar-refractivity contribution in [3.63, 3.8) is 0 Å². The van der Waals surface area contributed by atoms with Gasteiger partial charge in [-0.3, -0.25) is 0 Å². The summed E-state index contributed by atoms with van der Waals surface area (Å²) < 4.78 is 0. The van der Waals surface area contributed by atoms with Gasteiger partial charge in [-0.2, -0.15) is 5.26 Å². The SMILES string of the molecule is CC(C)C(C)(CC#N)C(C)C. The topological polar surface area (TPSA) is 23.8 Å². The first-order valence-corrected chi connectivity index (χ1v) is 4.32. The molecule has 1 nitrogen and oxygen atoms in total. The van der Waals surface area contributed by atoms with Crippen molar-refractivity contribution < 1.29 is 0 Å². The summed E-state index contributed by atoms with van der Waals surface area (Å²) in [6.45, 7) is 11.0. The molecule has 0 aliphatic carbocycles. The second-order valence-corrected chi connectivity index (χ2v) is 4.15. The average molecular weight is 153 g/mol. The van der Waals surface area contributed by atoms with E-state index < -0.39 is 0 Å². The van der Waals surface area contributed by atoms with E-state index in [9.17, 15) is 0 Å². The van der Waals surface area contributed by atoms with Gasteiger partial charge in [0.1, 0.15) is 0 Å². The maximum absolute atomic E-state index is 8.65. The molecule has 0 amide bonds. The Morgan fingerprint density at radius 1 is 1.18 bits per heavy atom. The maximum atomic E-state index is 8.65. The van der Waals surface area contributed by atoms with Crippen LogP contribution in [0.15, 0.2) is 0 Å². The van der Waals surface area contributed by atoms with Crippen LogP contribution in [0.2, 0.25) is 0 Å². The molecule has 1 heteroatoms. The lowest BCUT2D eigenvalue weighted by Crippen LogP contribution is -2.29. The lowest BCUT2D eigenvalue weighted by Gasteiger charge is -2.35. The van der Waals surface area contributed by atoms with Crippen LogP contribution in [0.25, 0.3) is 0 Å². The third-order valence-electron chi connectivity index (χ3n) is 3.10. The summed E-state index contributed by atoms with van der Waals surface area (Å²) in [5.41, 5.74) is 0.189. The molecular formula is C10H19N. The molecule has 0 rings (SSSR count). The Balaban J connectivity index is 4.41. The van der Waals surface area contributed by atoms with Crippen molar-refractivity contribution in [2.45, 2.75) is 41.0 Å². The van der Waals surface area contributed by atoms with Crippen LogP contribution >= 0.6 is 0 Å². The Kier molecular flexibility index (Phi) is 3.58. The molecule has 0 aromatic heterocycles. The zero-order valence-corrected chi connectivity index (χ0v) is 8.31. The Hall–Kier alpha value is -0.510. The highest BCUT2D eigenvalue weighted by Crippen LogP contribution is 2.38. The molecule has 0 aromatic carbocycles. The van der Waals surface area contributed by atoms with Crippen LogP contribution in [0.4, 0.5) is 0 Å². The van der Waals surface area contributed by atoms with Crippen molar-refractivity contribution in [2.75, 3.05) is 0 Å². The molecule has 0 radical (unpaired) electrons. The van der Waals surface area contributed by atoms with Crippen LogP contribution in [0.1, 0.15) is 41.0 Å². The van der Waals surface area contributed by atoms with Gasteiger partial charge in [0.05, 0.1) is 6.07 Å². The molecule has 0 aliphatic heterocycles. The normalized spacial score (nSPS) is 12.2. The summed E-state index contributed by atoms with van der Waals surface area (Å²) in [6, 6.07) is 2.27. The summed E-state index contributed by atoms with van der Waals surface area (Å²) in [4.78, 5) is 0. The fourth-order valence-corrected chi connectivity index (χ4v) is 1.25. The van der Waals surface area contributed by atoms with Crippen LogP contribution in [0.3, 0.4) is 0 Å². The molecule has 0 spiro atoms. The summed E-state index contributed by atoms with van der Waals surface area (Å²) >= 11 is 0. The van der Waals surface area contributed by atoms with Crippen LogP contribution in [-0.4, -0.2) is 0 Å². The standard InChI is InChI=1S/C10H19N/c1-8(2)10(5,6-7-11)9(3)4/h8-9H,6H2,1-5H3. The smallest absolute Gasteiger partial charge is 0.0627 e. The van der Waals surface area contributed by atoms with Gasteiger partial charge < -0.3 is 0 Å². The van der Waals surface area contributed by atoms with Gasteiger partial charge in [-0.05, 0) is 17.3 Å². The molecule has 11 heavy (non-hydrogen) atoms. The van der Waals surface area contributed by atoms with Crippen LogP contribution in [0.5, 0.6) is 0 Å². The van der Waals surface area contributed by atoms with Crippen molar-refractivity contribution in [2.24, 2.45) is 17.3 Å². The minimum absolute atomic E-state index is 0.189. The summed E-state index contributed by atoms with van der Waals surface area (Å²) in [7, 11) is 0. The predicted molar refractivity (Wildman–Crippen MR) is 48.0 cm³/mol. The highest BCUT2D eigenvalue weighted by Gasteiger charge is 2.31. The van der Waals surface area contributed by atoms with Crippen molar-refractivity contribution in [1.29, 1.82) is 5.26 Å². The molecule has 0 aliphatic rings. The molecule has 0 N–H and O–H groups in total. The van der Waals surface area contributed by atoms with E-state index in [0.717, 1.165) is 0 Å². The van der Waals surface area contributed by atoms with Gasteiger partial charge in [0.2, 0.25) is 0 Å². The number of hydrogen-bond acceptors (Lipinski definition) is 1. The van der Waals surface area contributed by atoms with E-state index >= 15 is 0 Å². The second-order valence-electron chi connectivity index (χ2n) is 4.15. The fourth-order valence-electron chi connectivity index (χ4n) is 1.25. The van der Waals surface area contributed by atoms with Crippen molar-refractivity contribution in [3.8, 4) is 6.07 Å². The van der Waals surface area contributed by atoms with E-state index in [1.54, 1.807) is 0 Å². The highest BCUT2D eigenvalue weighted by molar-refractivity contribution is 4.89. The minimum atomic E-state index is 0.189. The molecule has 0 saturated carbocycles. The van der Waals surface area contributed by atoms with Gasteiger partial charge in [0.15, 0.2) is 0 Å². The van der Waals surface area contributed by atoms with E-state index in [4.69, 9.17) is 5.26 Å². The third-order valence-corrected chi connectivity index (χ3v) is 3.10. The van der Waals surface area contributed by atoms with Crippen LogP contribution < -0.4 is 0 Å². The Labute approximate surface area is 70.4 Å². The first-order valence-electron chi connectivity index (χ1n) is 4.32. The Morgan fingerprint density at radius 2 is 1.55 bits per heavy atom. The van der Waals surface area contributed by atoms with Crippen LogP contribution in [0, 0.1) is 28.6 Å². The first-order chi connectivity index (χ1) is 4.95. The van der Waals surface area contributed by atoms with Crippen molar-refractivity contribution >= 4 is 0 Å². The van der Waals surface area contributed by atoms with Crippen molar-refractivity contribution in [1.82, 2.24) is 0 Å². The van der Waals surface area contributed by atoms with E-state index in [2.05, 4.69) is 40.7 Å². The number of hydrogen-bond donors (Lipinski definition) is 0. The number of rotatable bonds is 3. The minimum Gasteiger partial charge on any atom is -0.198 e. The molecule has 0 fully saturated rings. The Morgan fingerprint density at radius 3 is 1.64 bits per heavy atom. The van der Waals surface area contributed by atoms with Gasteiger partial charge >= 0.3 is 0 Å². The van der Waals surface area contributed by atoms with E-state index in [1.807, 2.05) is 0 Å². The van der Waals surface area contributed by atoms with Crippen molar-refractivity contribution in [3.05, 3.63) is 0 Å². The lowest BCUT2D eigenvalue weighted by atomic mass is 9.69. The molecule has 64 valence electrons. The van der Waals surface area contributed by atoms with E-state index in [-0.39, 0.29) is 5.41 Å². The molecule has 0 heterocycles. The summed E-state index contributed by atoms with van der Waals surface area (Å²) in [5, 5.41) is 8.65. The fraction of sp³-hybridized carbons (Fsp3) is 0.900. The monoisotopic (exact) mass is 153 g/mol. The van der Waals surface area contributed by atoms with Gasteiger partial charge in [-0.15, -0.1) is 0 Å². The highest BCUT2D eigenvalue weighted by atomic mass is 14.4. The predicted octanol–water partition coefficient (Wildman–Crippen LogP) is 3.22. The van der Waals surface area contributed by atoms with E-state index in [0.29, 0.717) is 18.3 Å². The quantitative estimate of drug-likeness (QED) is 0.610. The summed E-state index contributed by atoms with van der Waals surface area (Å²) in [6.07, 6.45) is 0.669. The maximum Gasteiger partial charge on any atom is 0.0627 e. The average Bonchev–Trinajstić information content (AvgIpc) is 1.87. The number of nitrogens with zero attached hydrogens (tertiary/aromatic N) is 1. The largest absolute Gasteiger partial charge is 0.198 e. The van der Waals surface area contributed by atoms with E-state index in [1.165, 1.54) is 0 Å². The van der Waals surface area contributed by atoms with Gasteiger partial charge in [-0.1, -0.05) is 34.6 Å². The molecule has 0 aromatic rings.